The fraction of sp³-hybridized carbons (Fsp3) is 0.200. The number of rotatable bonds is 6. The summed E-state index contributed by atoms with van der Waals surface area (Å²) in [6.07, 6.45) is 1.66. The number of benzene rings is 2. The molecule has 8 heteroatoms. The molecule has 2 aromatic rings. The van der Waals surface area contributed by atoms with E-state index >= 15 is 0 Å². The van der Waals surface area contributed by atoms with E-state index in [0.29, 0.717) is 33.9 Å². The van der Waals surface area contributed by atoms with Crippen LogP contribution in [0.1, 0.15) is 11.1 Å². The molecule has 0 bridgehead atoms. The summed E-state index contributed by atoms with van der Waals surface area (Å²) in [6.45, 7) is -0.146. The van der Waals surface area contributed by atoms with Gasteiger partial charge in [0, 0.05) is 0 Å². The Morgan fingerprint density at radius 3 is 2.75 bits per heavy atom. The maximum Gasteiger partial charge on any atom is 0.343 e. The van der Waals surface area contributed by atoms with Gasteiger partial charge in [-0.15, -0.1) is 0 Å². The van der Waals surface area contributed by atoms with Gasteiger partial charge in [0.2, 0.25) is 6.79 Å². The van der Waals surface area contributed by atoms with Crippen molar-refractivity contribution in [3.05, 3.63) is 46.5 Å². The number of hydrogen-bond acceptors (Lipinski definition) is 7. The van der Waals surface area contributed by atoms with Crippen molar-refractivity contribution in [1.29, 1.82) is 5.26 Å². The van der Waals surface area contributed by atoms with Crippen LogP contribution in [-0.2, 0) is 9.53 Å². The number of methoxy groups -OCH3 is 2. The summed E-state index contributed by atoms with van der Waals surface area (Å²) in [5.41, 5.74) is 1.70. The van der Waals surface area contributed by atoms with Crippen LogP contribution in [0, 0.1) is 11.3 Å². The molecule has 0 saturated heterocycles. The first-order valence-electron chi connectivity index (χ1n) is 8.14. The van der Waals surface area contributed by atoms with Gasteiger partial charge in [0.05, 0.1) is 30.9 Å². The van der Waals surface area contributed by atoms with Gasteiger partial charge in [0.1, 0.15) is 0 Å². The Balaban J connectivity index is 1.92. The van der Waals surface area contributed by atoms with E-state index in [9.17, 15) is 10.1 Å². The lowest BCUT2D eigenvalue weighted by atomic mass is 10.0. The zero-order valence-corrected chi connectivity index (χ0v) is 15.9. The fourth-order valence-corrected chi connectivity index (χ4v) is 2.84. The molecule has 0 atom stereocenters. The molecule has 0 aromatic heterocycles. The summed E-state index contributed by atoms with van der Waals surface area (Å²) in [5, 5.41) is 9.82. The van der Waals surface area contributed by atoms with Crippen LogP contribution in [0.2, 0.25) is 5.02 Å². The third-order valence-electron chi connectivity index (χ3n) is 3.93. The Bertz CT molecular complexity index is 979. The molecule has 0 N–H and O–H groups in total. The molecular weight excluding hydrogens is 386 g/mol. The molecule has 1 heterocycles. The van der Waals surface area contributed by atoms with Crippen LogP contribution in [-0.4, -0.2) is 33.6 Å². The maximum atomic E-state index is 11.3. The van der Waals surface area contributed by atoms with Gasteiger partial charge in [-0.05, 0) is 47.5 Å². The van der Waals surface area contributed by atoms with E-state index in [-0.39, 0.29) is 24.2 Å². The van der Waals surface area contributed by atoms with E-state index in [1.807, 2.05) is 0 Å². The molecule has 3 rings (SSSR count). The van der Waals surface area contributed by atoms with E-state index in [1.54, 1.807) is 36.4 Å². The molecule has 28 heavy (non-hydrogen) atoms. The van der Waals surface area contributed by atoms with Crippen LogP contribution in [0.3, 0.4) is 0 Å². The van der Waals surface area contributed by atoms with E-state index in [0.717, 1.165) is 0 Å². The third-order valence-corrected chi connectivity index (χ3v) is 4.21. The van der Waals surface area contributed by atoms with Crippen molar-refractivity contribution >= 4 is 29.2 Å². The number of nitriles is 1. The molecule has 1 aliphatic rings. The second-order valence-electron chi connectivity index (χ2n) is 5.64. The molecule has 0 saturated carbocycles. The maximum absolute atomic E-state index is 11.3. The fourth-order valence-electron chi connectivity index (χ4n) is 2.56. The Labute approximate surface area is 166 Å². The normalized spacial score (nSPS) is 12.3. The number of ether oxygens (including phenoxy) is 5. The van der Waals surface area contributed by atoms with Crippen LogP contribution < -0.4 is 18.9 Å². The highest BCUT2D eigenvalue weighted by Crippen LogP contribution is 2.38. The lowest BCUT2D eigenvalue weighted by molar-refractivity contribution is -0.142. The highest BCUT2D eigenvalue weighted by Gasteiger charge is 2.16. The van der Waals surface area contributed by atoms with Crippen molar-refractivity contribution in [2.45, 2.75) is 0 Å². The number of fused-ring (bicyclic) bond motifs is 1. The molecule has 0 amide bonds. The first-order valence-corrected chi connectivity index (χ1v) is 8.52. The first-order chi connectivity index (χ1) is 13.5. The summed E-state index contributed by atoms with van der Waals surface area (Å²) in [4.78, 5) is 11.3. The molecule has 0 fully saturated rings. The Hall–Kier alpha value is -3.37. The number of carbonyl (C=O) groups excluding carboxylic acids is 1. The largest absolute Gasteiger partial charge is 0.493 e. The predicted octanol–water partition coefficient (Wildman–Crippen LogP) is 3.69. The first kappa shape index (κ1) is 19.4. The Morgan fingerprint density at radius 2 is 2.04 bits per heavy atom. The third kappa shape index (κ3) is 4.13. The van der Waals surface area contributed by atoms with Crippen molar-refractivity contribution in [1.82, 2.24) is 0 Å². The summed E-state index contributed by atoms with van der Waals surface area (Å²) >= 11 is 6.28. The monoisotopic (exact) mass is 401 g/mol. The minimum absolute atomic E-state index is 0.157. The Kier molecular flexibility index (Phi) is 5.92. The van der Waals surface area contributed by atoms with Crippen molar-refractivity contribution in [3.8, 4) is 29.1 Å². The summed E-state index contributed by atoms with van der Waals surface area (Å²) in [5.74, 6) is 1.22. The summed E-state index contributed by atoms with van der Waals surface area (Å²) < 4.78 is 25.9. The molecule has 0 aliphatic carbocycles. The number of hydrogen-bond donors (Lipinski definition) is 0. The van der Waals surface area contributed by atoms with Crippen molar-refractivity contribution < 1.29 is 28.5 Å². The lowest BCUT2D eigenvalue weighted by Gasteiger charge is -2.13. The minimum Gasteiger partial charge on any atom is -0.493 e. The summed E-state index contributed by atoms with van der Waals surface area (Å²) in [6, 6.07) is 10.7. The second kappa shape index (κ2) is 8.55. The number of allylic oxidation sites excluding steroid dienone is 1. The van der Waals surface area contributed by atoms with Crippen LogP contribution >= 0.6 is 11.6 Å². The van der Waals surface area contributed by atoms with E-state index in [2.05, 4.69) is 10.8 Å². The van der Waals surface area contributed by atoms with Crippen molar-refractivity contribution in [2.75, 3.05) is 27.6 Å². The van der Waals surface area contributed by atoms with E-state index in [4.69, 9.17) is 30.5 Å². The standard InChI is InChI=1S/C20H16ClNO6/c1-24-18-7-12(6-15(21)20(18)26-10-19(23)25-2)5-14(9-22)13-3-4-16-17(8-13)28-11-27-16/h3-8H,10-11H2,1-2H3/b14-5-. The van der Waals surface area contributed by atoms with Crippen LogP contribution in [0.25, 0.3) is 11.6 Å². The van der Waals surface area contributed by atoms with Gasteiger partial charge in [-0.2, -0.15) is 5.26 Å². The van der Waals surface area contributed by atoms with Crippen molar-refractivity contribution in [3.63, 3.8) is 0 Å². The predicted molar refractivity (Wildman–Crippen MR) is 102 cm³/mol. The summed E-state index contributed by atoms with van der Waals surface area (Å²) in [7, 11) is 2.71. The SMILES string of the molecule is COC(=O)COc1c(Cl)cc(/C=C(/C#N)c2ccc3c(c2)OCO3)cc1OC. The highest BCUT2D eigenvalue weighted by atomic mass is 35.5. The number of nitrogens with zero attached hydrogens (tertiary/aromatic N) is 1. The zero-order chi connectivity index (χ0) is 20.1. The molecule has 144 valence electrons. The highest BCUT2D eigenvalue weighted by molar-refractivity contribution is 6.32. The average molecular weight is 402 g/mol. The molecule has 1 aliphatic heterocycles. The number of esters is 1. The Morgan fingerprint density at radius 1 is 1.25 bits per heavy atom. The molecule has 0 spiro atoms. The van der Waals surface area contributed by atoms with Gasteiger partial charge in [-0.3, -0.25) is 0 Å². The average Bonchev–Trinajstić information content (AvgIpc) is 3.18. The number of halogens is 1. The van der Waals surface area contributed by atoms with Crippen LogP contribution in [0.5, 0.6) is 23.0 Å². The van der Waals surface area contributed by atoms with Gasteiger partial charge in [-0.1, -0.05) is 11.6 Å². The van der Waals surface area contributed by atoms with Crippen LogP contribution in [0.15, 0.2) is 30.3 Å². The van der Waals surface area contributed by atoms with Gasteiger partial charge < -0.3 is 23.7 Å². The lowest BCUT2D eigenvalue weighted by Crippen LogP contribution is -2.13. The van der Waals surface area contributed by atoms with Gasteiger partial charge in [0.15, 0.2) is 29.6 Å². The number of carbonyl (C=O) groups is 1. The zero-order valence-electron chi connectivity index (χ0n) is 15.2. The van der Waals surface area contributed by atoms with Crippen LogP contribution in [0.4, 0.5) is 0 Å². The second-order valence-corrected chi connectivity index (χ2v) is 6.04. The van der Waals surface area contributed by atoms with Gasteiger partial charge in [0.25, 0.3) is 0 Å². The van der Waals surface area contributed by atoms with Gasteiger partial charge in [-0.25, -0.2) is 4.79 Å². The molecule has 0 radical (unpaired) electrons. The minimum atomic E-state index is -0.545. The molecule has 0 unspecified atom stereocenters. The molecular formula is C20H16ClNO6. The van der Waals surface area contributed by atoms with E-state index in [1.165, 1.54) is 14.2 Å². The topological polar surface area (TPSA) is 87.0 Å². The van der Waals surface area contributed by atoms with Crippen molar-refractivity contribution in [2.24, 2.45) is 0 Å². The molecule has 2 aromatic carbocycles. The quantitative estimate of drug-likeness (QED) is 0.414. The van der Waals surface area contributed by atoms with E-state index < -0.39 is 5.97 Å². The molecule has 7 nitrogen and oxygen atoms in total. The smallest absolute Gasteiger partial charge is 0.343 e. The van der Waals surface area contributed by atoms with Gasteiger partial charge >= 0.3 is 5.97 Å².